The Bertz CT molecular complexity index is 1210. The van der Waals surface area contributed by atoms with Gasteiger partial charge in [0.1, 0.15) is 12.2 Å². The van der Waals surface area contributed by atoms with Crippen molar-refractivity contribution in [2.24, 2.45) is 0 Å². The van der Waals surface area contributed by atoms with Gasteiger partial charge in [-0.1, -0.05) is 60.1 Å². The van der Waals surface area contributed by atoms with Crippen molar-refractivity contribution >= 4 is 58.7 Å². The molecular weight excluding hydrogens is 515 g/mol. The van der Waals surface area contributed by atoms with Gasteiger partial charge in [-0.2, -0.15) is 0 Å². The molecule has 2 aliphatic rings. The lowest BCUT2D eigenvalue weighted by molar-refractivity contribution is -0.132. The van der Waals surface area contributed by atoms with Crippen molar-refractivity contribution in [1.82, 2.24) is 10.2 Å². The van der Waals surface area contributed by atoms with Crippen LogP contribution < -0.4 is 14.8 Å². The quantitative estimate of drug-likeness (QED) is 0.359. The Morgan fingerprint density at radius 1 is 1.00 bits per heavy atom. The van der Waals surface area contributed by atoms with E-state index in [2.05, 4.69) is 5.32 Å². The summed E-state index contributed by atoms with van der Waals surface area (Å²) in [5, 5.41) is 3.35. The first-order valence-corrected chi connectivity index (χ1v) is 12.3. The SMILES string of the molecule is COc1cc(C=C2C(=O)NC(=O)N(C3CCCCC3)C2=O)cc(Cl)c1OCc1ccc(Cl)c(Cl)c1. The van der Waals surface area contributed by atoms with Crippen LogP contribution in [0.5, 0.6) is 11.5 Å². The third kappa shape index (κ3) is 5.58. The van der Waals surface area contributed by atoms with Crippen molar-refractivity contribution in [2.75, 3.05) is 7.11 Å². The number of carbonyl (C=O) groups excluding carboxylic acids is 3. The van der Waals surface area contributed by atoms with Crippen LogP contribution in [-0.4, -0.2) is 35.9 Å². The molecule has 2 fully saturated rings. The predicted molar refractivity (Wildman–Crippen MR) is 134 cm³/mol. The second-order valence-electron chi connectivity index (χ2n) is 8.36. The fourth-order valence-corrected chi connectivity index (χ4v) is 4.85. The first kappa shape index (κ1) is 25.4. The highest BCUT2D eigenvalue weighted by molar-refractivity contribution is 6.42. The number of rotatable bonds is 6. The molecule has 1 heterocycles. The van der Waals surface area contributed by atoms with Crippen molar-refractivity contribution in [3.05, 3.63) is 62.1 Å². The summed E-state index contributed by atoms with van der Waals surface area (Å²) in [6, 6.07) is 7.41. The predicted octanol–water partition coefficient (Wildman–Crippen LogP) is 6.03. The summed E-state index contributed by atoms with van der Waals surface area (Å²) < 4.78 is 11.3. The van der Waals surface area contributed by atoms with E-state index in [4.69, 9.17) is 44.3 Å². The molecule has 1 saturated heterocycles. The minimum Gasteiger partial charge on any atom is -0.493 e. The highest BCUT2D eigenvalue weighted by Gasteiger charge is 2.40. The van der Waals surface area contributed by atoms with E-state index in [1.54, 1.807) is 30.3 Å². The van der Waals surface area contributed by atoms with Gasteiger partial charge in [0.05, 0.1) is 22.2 Å². The first-order chi connectivity index (χ1) is 16.8. The van der Waals surface area contributed by atoms with Gasteiger partial charge in [-0.3, -0.25) is 19.8 Å². The molecule has 0 atom stereocenters. The van der Waals surface area contributed by atoms with Crippen LogP contribution in [0.15, 0.2) is 35.9 Å². The molecule has 184 valence electrons. The zero-order valence-corrected chi connectivity index (χ0v) is 21.2. The molecule has 4 rings (SSSR count). The lowest BCUT2D eigenvalue weighted by Gasteiger charge is -2.35. The number of nitrogens with one attached hydrogen (secondary N) is 1. The number of nitrogens with zero attached hydrogens (tertiary/aromatic N) is 1. The number of hydrogen-bond donors (Lipinski definition) is 1. The molecule has 7 nitrogen and oxygen atoms in total. The van der Waals surface area contributed by atoms with Crippen LogP contribution in [0.1, 0.15) is 43.2 Å². The third-order valence-corrected chi connectivity index (χ3v) is 7.02. The number of hydrogen-bond acceptors (Lipinski definition) is 5. The molecule has 1 aliphatic carbocycles. The normalized spacial score (nSPS) is 18.1. The van der Waals surface area contributed by atoms with Gasteiger partial charge in [0.2, 0.25) is 0 Å². The molecule has 1 saturated carbocycles. The Morgan fingerprint density at radius 2 is 1.74 bits per heavy atom. The summed E-state index contributed by atoms with van der Waals surface area (Å²) in [4.78, 5) is 39.2. The van der Waals surface area contributed by atoms with Crippen LogP contribution in [0.4, 0.5) is 4.79 Å². The number of carbonyl (C=O) groups is 3. The molecule has 0 unspecified atom stereocenters. The standard InChI is InChI=1S/C25H23Cl3N2O5/c1-34-21-12-15(11-20(28)22(21)35-13-14-7-8-18(26)19(27)10-14)9-17-23(31)29-25(33)30(24(17)32)16-5-3-2-4-6-16/h7-12,16H,2-6,13H2,1H3,(H,29,31,33). The molecule has 0 spiro atoms. The average Bonchev–Trinajstić information content (AvgIpc) is 2.83. The van der Waals surface area contributed by atoms with E-state index in [0.29, 0.717) is 27.1 Å². The highest BCUT2D eigenvalue weighted by atomic mass is 35.5. The second kappa shape index (κ2) is 10.9. The van der Waals surface area contributed by atoms with E-state index in [0.717, 1.165) is 37.7 Å². The number of barbiturate groups is 1. The smallest absolute Gasteiger partial charge is 0.331 e. The Morgan fingerprint density at radius 3 is 2.43 bits per heavy atom. The van der Waals surface area contributed by atoms with Gasteiger partial charge >= 0.3 is 6.03 Å². The number of imide groups is 2. The second-order valence-corrected chi connectivity index (χ2v) is 9.58. The molecule has 0 aromatic heterocycles. The van der Waals surface area contributed by atoms with Crippen LogP contribution in [0, 0.1) is 0 Å². The monoisotopic (exact) mass is 536 g/mol. The number of halogens is 3. The zero-order chi connectivity index (χ0) is 25.1. The lowest BCUT2D eigenvalue weighted by atomic mass is 9.93. The third-order valence-electron chi connectivity index (χ3n) is 6.00. The first-order valence-electron chi connectivity index (χ1n) is 11.1. The van der Waals surface area contributed by atoms with Crippen molar-refractivity contribution in [1.29, 1.82) is 0 Å². The fourth-order valence-electron chi connectivity index (χ4n) is 4.26. The fraction of sp³-hybridized carbons (Fsp3) is 0.320. The molecular formula is C25H23Cl3N2O5. The van der Waals surface area contributed by atoms with Crippen molar-refractivity contribution in [2.45, 2.75) is 44.8 Å². The van der Waals surface area contributed by atoms with E-state index in [-0.39, 0.29) is 23.2 Å². The summed E-state index contributed by atoms with van der Waals surface area (Å²) in [5.41, 5.74) is 1.09. The van der Waals surface area contributed by atoms with Gasteiger partial charge in [0, 0.05) is 6.04 Å². The van der Waals surface area contributed by atoms with Crippen molar-refractivity contribution in [3.63, 3.8) is 0 Å². The number of ether oxygens (including phenoxy) is 2. The largest absolute Gasteiger partial charge is 0.493 e. The van der Waals surface area contributed by atoms with E-state index in [1.165, 1.54) is 18.1 Å². The maximum atomic E-state index is 13.1. The minimum atomic E-state index is -0.748. The molecule has 0 bridgehead atoms. The van der Waals surface area contributed by atoms with Gasteiger partial charge in [-0.25, -0.2) is 4.79 Å². The van der Waals surface area contributed by atoms with Gasteiger partial charge in [-0.15, -0.1) is 0 Å². The molecule has 35 heavy (non-hydrogen) atoms. The molecule has 1 N–H and O–H groups in total. The maximum Gasteiger partial charge on any atom is 0.331 e. The number of methoxy groups -OCH3 is 1. The molecule has 10 heteroatoms. The number of benzene rings is 2. The van der Waals surface area contributed by atoms with E-state index in [1.807, 2.05) is 0 Å². The Hall–Kier alpha value is -2.74. The topological polar surface area (TPSA) is 84.9 Å². The highest BCUT2D eigenvalue weighted by Crippen LogP contribution is 2.38. The number of amides is 4. The Labute approximate surface area is 217 Å². The molecule has 0 radical (unpaired) electrons. The molecule has 4 amide bonds. The minimum absolute atomic E-state index is 0.141. The van der Waals surface area contributed by atoms with Gasteiger partial charge < -0.3 is 9.47 Å². The maximum absolute atomic E-state index is 13.1. The van der Waals surface area contributed by atoms with E-state index < -0.39 is 17.8 Å². The Balaban J connectivity index is 1.59. The average molecular weight is 538 g/mol. The van der Waals surface area contributed by atoms with Crippen LogP contribution >= 0.6 is 34.8 Å². The van der Waals surface area contributed by atoms with Crippen LogP contribution in [0.25, 0.3) is 6.08 Å². The van der Waals surface area contributed by atoms with E-state index >= 15 is 0 Å². The summed E-state index contributed by atoms with van der Waals surface area (Å²) >= 11 is 18.5. The number of urea groups is 1. The summed E-state index contributed by atoms with van der Waals surface area (Å²) in [5.74, 6) is -0.753. The van der Waals surface area contributed by atoms with Crippen molar-refractivity contribution in [3.8, 4) is 11.5 Å². The lowest BCUT2D eigenvalue weighted by Crippen LogP contribution is -2.58. The molecule has 2 aromatic carbocycles. The van der Waals surface area contributed by atoms with Gasteiger partial charge in [-0.05, 0) is 54.3 Å². The van der Waals surface area contributed by atoms with E-state index in [9.17, 15) is 14.4 Å². The van der Waals surface area contributed by atoms with Crippen LogP contribution in [0.3, 0.4) is 0 Å². The summed E-state index contributed by atoms with van der Waals surface area (Å²) in [6.07, 6.45) is 5.79. The molecule has 2 aromatic rings. The Kier molecular flexibility index (Phi) is 7.89. The summed E-state index contributed by atoms with van der Waals surface area (Å²) in [7, 11) is 1.45. The van der Waals surface area contributed by atoms with Gasteiger partial charge in [0.25, 0.3) is 11.8 Å². The van der Waals surface area contributed by atoms with Crippen LogP contribution in [-0.2, 0) is 16.2 Å². The van der Waals surface area contributed by atoms with Gasteiger partial charge in [0.15, 0.2) is 11.5 Å². The molecule has 1 aliphatic heterocycles. The zero-order valence-electron chi connectivity index (χ0n) is 18.9. The van der Waals surface area contributed by atoms with Crippen molar-refractivity contribution < 1.29 is 23.9 Å². The summed E-state index contributed by atoms with van der Waals surface area (Å²) in [6.45, 7) is 0.159. The van der Waals surface area contributed by atoms with Crippen LogP contribution in [0.2, 0.25) is 15.1 Å².